The Balaban J connectivity index is 1.87. The average Bonchev–Trinajstić information content (AvgIpc) is 3.21. The molecule has 4 rings (SSSR count). The molecule has 1 spiro atoms. The maximum absolute atomic E-state index is 13.4. The second kappa shape index (κ2) is 6.16. The first-order valence-corrected chi connectivity index (χ1v) is 9.89. The van der Waals surface area contributed by atoms with Crippen LogP contribution in [-0.4, -0.2) is 35.2 Å². The number of aryl methyl sites for hydroxylation is 1. The summed E-state index contributed by atoms with van der Waals surface area (Å²) in [5.74, 6) is -1.61. The lowest BCUT2D eigenvalue weighted by atomic mass is 9.75. The molecule has 2 N–H and O–H groups in total. The minimum Gasteiger partial charge on any atom is -0.324 e. The number of benzene rings is 1. The number of hydrogen-bond acceptors (Lipinski definition) is 4. The van der Waals surface area contributed by atoms with Gasteiger partial charge in [0.25, 0.3) is 0 Å². The van der Waals surface area contributed by atoms with Crippen molar-refractivity contribution in [2.24, 2.45) is 17.8 Å². The van der Waals surface area contributed by atoms with Gasteiger partial charge in [0, 0.05) is 23.8 Å². The Kier molecular flexibility index (Phi) is 4.14. The molecule has 0 aromatic heterocycles. The first kappa shape index (κ1) is 18.2. The van der Waals surface area contributed by atoms with Gasteiger partial charge in [-0.3, -0.25) is 24.6 Å². The van der Waals surface area contributed by atoms with Crippen LogP contribution in [0.1, 0.15) is 44.7 Å². The second-order valence-corrected chi connectivity index (χ2v) is 8.36. The number of para-hydroxylation sites is 1. The zero-order valence-corrected chi connectivity index (χ0v) is 16.3. The summed E-state index contributed by atoms with van der Waals surface area (Å²) in [6.45, 7) is 8.48. The van der Waals surface area contributed by atoms with Crippen molar-refractivity contribution in [2.75, 3.05) is 11.9 Å². The first-order chi connectivity index (χ1) is 12.8. The Bertz CT molecular complexity index is 834. The van der Waals surface area contributed by atoms with E-state index in [0.29, 0.717) is 6.54 Å². The van der Waals surface area contributed by atoms with Crippen LogP contribution in [0.25, 0.3) is 0 Å². The third-order valence-corrected chi connectivity index (χ3v) is 6.44. The molecule has 0 unspecified atom stereocenters. The molecular weight excluding hydrogens is 342 g/mol. The van der Waals surface area contributed by atoms with Crippen LogP contribution in [0.2, 0.25) is 0 Å². The summed E-state index contributed by atoms with van der Waals surface area (Å²) in [5.41, 5.74) is 1.37. The Morgan fingerprint density at radius 1 is 1.19 bits per heavy atom. The predicted molar refractivity (Wildman–Crippen MR) is 102 cm³/mol. The summed E-state index contributed by atoms with van der Waals surface area (Å²) in [7, 11) is 0. The number of rotatable bonds is 4. The fourth-order valence-corrected chi connectivity index (χ4v) is 5.08. The number of fused-ring (bicyclic) bond motifs is 4. The molecule has 4 atom stereocenters. The number of unbranched alkanes of at least 4 members (excludes halogenated alkanes) is 1. The lowest BCUT2D eigenvalue weighted by Crippen LogP contribution is -2.54. The molecule has 144 valence electrons. The largest absolute Gasteiger partial charge is 0.324 e. The van der Waals surface area contributed by atoms with E-state index in [4.69, 9.17) is 0 Å². The van der Waals surface area contributed by atoms with Crippen molar-refractivity contribution in [1.82, 2.24) is 10.2 Å². The monoisotopic (exact) mass is 369 g/mol. The first-order valence-electron chi connectivity index (χ1n) is 9.89. The minimum atomic E-state index is -1.16. The van der Waals surface area contributed by atoms with Gasteiger partial charge in [0.1, 0.15) is 5.54 Å². The van der Waals surface area contributed by atoms with Crippen LogP contribution >= 0.6 is 0 Å². The molecule has 1 aromatic rings. The lowest BCUT2D eigenvalue weighted by molar-refractivity contribution is -0.143. The molecule has 0 aliphatic carbocycles. The molecule has 2 saturated heterocycles. The number of hydrogen-bond donors (Lipinski definition) is 2. The lowest BCUT2D eigenvalue weighted by Gasteiger charge is -2.30. The van der Waals surface area contributed by atoms with Gasteiger partial charge in [-0.15, -0.1) is 0 Å². The Morgan fingerprint density at radius 2 is 1.93 bits per heavy atom. The van der Waals surface area contributed by atoms with E-state index in [1.165, 1.54) is 4.90 Å². The molecule has 3 amide bonds. The van der Waals surface area contributed by atoms with Gasteiger partial charge >= 0.3 is 0 Å². The minimum absolute atomic E-state index is 0.126. The van der Waals surface area contributed by atoms with Gasteiger partial charge in [-0.2, -0.15) is 0 Å². The van der Waals surface area contributed by atoms with E-state index in [9.17, 15) is 14.4 Å². The van der Waals surface area contributed by atoms with Crippen LogP contribution < -0.4 is 10.6 Å². The molecule has 0 radical (unpaired) electrons. The third kappa shape index (κ3) is 2.25. The maximum Gasteiger partial charge on any atom is 0.250 e. The number of nitrogens with one attached hydrogen (secondary N) is 2. The van der Waals surface area contributed by atoms with Gasteiger partial charge in [0.15, 0.2) is 0 Å². The number of carbonyl (C=O) groups is 3. The number of anilines is 1. The Hall–Kier alpha value is -2.21. The van der Waals surface area contributed by atoms with Gasteiger partial charge in [-0.05, 0) is 24.8 Å². The summed E-state index contributed by atoms with van der Waals surface area (Å²) in [5, 5.41) is 6.44. The van der Waals surface area contributed by atoms with Gasteiger partial charge in [-0.25, -0.2) is 0 Å². The average molecular weight is 369 g/mol. The molecule has 3 aliphatic heterocycles. The molecular formula is C21H27N3O3. The van der Waals surface area contributed by atoms with E-state index in [1.54, 1.807) is 0 Å². The smallest absolute Gasteiger partial charge is 0.250 e. The third-order valence-electron chi connectivity index (χ3n) is 6.44. The van der Waals surface area contributed by atoms with Crippen molar-refractivity contribution >= 4 is 23.4 Å². The van der Waals surface area contributed by atoms with Gasteiger partial charge in [0.2, 0.25) is 17.7 Å². The quantitative estimate of drug-likeness (QED) is 0.798. The zero-order chi connectivity index (χ0) is 19.5. The topological polar surface area (TPSA) is 78.5 Å². The molecule has 27 heavy (non-hydrogen) atoms. The molecule has 0 bridgehead atoms. The molecule has 2 fully saturated rings. The molecule has 1 aromatic carbocycles. The van der Waals surface area contributed by atoms with E-state index in [2.05, 4.69) is 10.6 Å². The second-order valence-electron chi connectivity index (χ2n) is 8.36. The Morgan fingerprint density at radius 3 is 2.59 bits per heavy atom. The van der Waals surface area contributed by atoms with Crippen molar-refractivity contribution in [2.45, 2.75) is 52.1 Å². The highest BCUT2D eigenvalue weighted by atomic mass is 16.2. The van der Waals surface area contributed by atoms with Crippen molar-refractivity contribution in [3.05, 3.63) is 29.3 Å². The van der Waals surface area contributed by atoms with Crippen molar-refractivity contribution in [3.8, 4) is 0 Å². The fraction of sp³-hybridized carbons (Fsp3) is 0.571. The number of nitrogens with zero attached hydrogens (tertiary/aromatic N) is 1. The highest BCUT2D eigenvalue weighted by molar-refractivity contribution is 6.15. The van der Waals surface area contributed by atoms with E-state index in [0.717, 1.165) is 29.7 Å². The Labute approximate surface area is 159 Å². The summed E-state index contributed by atoms with van der Waals surface area (Å²) in [4.78, 5) is 41.2. The number of likely N-dealkylation sites (tertiary alicyclic amines) is 1. The van der Waals surface area contributed by atoms with E-state index < -0.39 is 17.4 Å². The predicted octanol–water partition coefficient (Wildman–Crippen LogP) is 2.17. The summed E-state index contributed by atoms with van der Waals surface area (Å²) >= 11 is 0. The van der Waals surface area contributed by atoms with Crippen LogP contribution in [0.3, 0.4) is 0 Å². The molecule has 0 saturated carbocycles. The summed E-state index contributed by atoms with van der Waals surface area (Å²) in [6, 6.07) is 5.54. The molecule has 3 heterocycles. The fourth-order valence-electron chi connectivity index (χ4n) is 5.08. The van der Waals surface area contributed by atoms with Gasteiger partial charge < -0.3 is 5.32 Å². The zero-order valence-electron chi connectivity index (χ0n) is 16.3. The molecule has 3 aliphatic rings. The number of amides is 3. The summed E-state index contributed by atoms with van der Waals surface area (Å²) < 4.78 is 0. The number of imide groups is 1. The van der Waals surface area contributed by atoms with E-state index in [1.807, 2.05) is 45.9 Å². The molecule has 6 nitrogen and oxygen atoms in total. The van der Waals surface area contributed by atoms with E-state index in [-0.39, 0.29) is 29.7 Å². The van der Waals surface area contributed by atoms with Gasteiger partial charge in [-0.1, -0.05) is 45.4 Å². The van der Waals surface area contributed by atoms with Crippen LogP contribution in [0.5, 0.6) is 0 Å². The van der Waals surface area contributed by atoms with Crippen molar-refractivity contribution in [3.63, 3.8) is 0 Å². The maximum atomic E-state index is 13.4. The molecule has 6 heteroatoms. The van der Waals surface area contributed by atoms with Crippen LogP contribution in [-0.2, 0) is 19.9 Å². The van der Waals surface area contributed by atoms with Crippen LogP contribution in [0.15, 0.2) is 18.2 Å². The van der Waals surface area contributed by atoms with E-state index >= 15 is 0 Å². The van der Waals surface area contributed by atoms with Gasteiger partial charge in [0.05, 0.1) is 11.8 Å². The standard InChI is InChI=1S/C21H27N3O3/c1-5-6-10-24-18(25)14-15(19(24)26)21(23-16(14)11(2)3)13-9-7-8-12(4)17(13)22-20(21)27/h7-9,11,14-16,23H,5-6,10H2,1-4H3,(H,22,27)/t14-,15-,16-,21+/m0/s1. The van der Waals surface area contributed by atoms with Crippen molar-refractivity contribution in [1.29, 1.82) is 0 Å². The number of carbonyl (C=O) groups excluding carboxylic acids is 3. The normalized spacial score (nSPS) is 31.8. The summed E-state index contributed by atoms with van der Waals surface area (Å²) in [6.07, 6.45) is 1.69. The van der Waals surface area contributed by atoms with Crippen LogP contribution in [0, 0.1) is 24.7 Å². The van der Waals surface area contributed by atoms with Crippen LogP contribution in [0.4, 0.5) is 5.69 Å². The highest BCUT2D eigenvalue weighted by Crippen LogP contribution is 2.54. The SMILES string of the molecule is CCCCN1C(=O)[C@H]2[C@@H](C1=O)[C@@]1(N[C@H]2C(C)C)C(=O)Nc2c(C)cccc21. The highest BCUT2D eigenvalue weighted by Gasteiger charge is 2.70. The van der Waals surface area contributed by atoms with Crippen molar-refractivity contribution < 1.29 is 14.4 Å².